The molecule has 0 atom stereocenters. The molecular formula is C19H24FN5O3S. The predicted octanol–water partition coefficient (Wildman–Crippen LogP) is 1.27. The molecule has 29 heavy (non-hydrogen) atoms. The second kappa shape index (κ2) is 8.21. The van der Waals surface area contributed by atoms with Crippen molar-refractivity contribution in [1.29, 1.82) is 0 Å². The summed E-state index contributed by atoms with van der Waals surface area (Å²) in [5.74, 6) is 1.03. The fourth-order valence-corrected chi connectivity index (χ4v) is 4.94. The lowest BCUT2D eigenvalue weighted by Gasteiger charge is -2.35. The Hall–Kier alpha value is -2.30. The van der Waals surface area contributed by atoms with Crippen molar-refractivity contribution in [3.05, 3.63) is 41.8 Å². The van der Waals surface area contributed by atoms with Crippen molar-refractivity contribution in [2.45, 2.75) is 11.8 Å². The van der Waals surface area contributed by atoms with Crippen LogP contribution in [0.3, 0.4) is 0 Å². The summed E-state index contributed by atoms with van der Waals surface area (Å²) < 4.78 is 45.5. The molecule has 2 aromatic rings. The standard InChI is InChI=1S/C19H24FN5O3S/c1-15-14-18(22-19(21-15)24-10-12-28-13-11-24)23-6-8-25(9-7-23)29(26,27)17-4-2-16(20)3-5-17/h2-5,14H,6-13H2,1H3. The minimum absolute atomic E-state index is 0.111. The highest BCUT2D eigenvalue weighted by molar-refractivity contribution is 7.89. The van der Waals surface area contributed by atoms with Crippen LogP contribution in [0.1, 0.15) is 5.69 Å². The van der Waals surface area contributed by atoms with Crippen LogP contribution in [-0.4, -0.2) is 75.2 Å². The SMILES string of the molecule is Cc1cc(N2CCN(S(=O)(=O)c3ccc(F)cc3)CC2)nc(N2CCOCC2)n1. The number of rotatable bonds is 4. The molecule has 0 unspecified atom stereocenters. The minimum Gasteiger partial charge on any atom is -0.378 e. The highest BCUT2D eigenvalue weighted by Crippen LogP contribution is 2.22. The summed E-state index contributed by atoms with van der Waals surface area (Å²) >= 11 is 0. The minimum atomic E-state index is -3.63. The maximum Gasteiger partial charge on any atom is 0.243 e. The Bertz CT molecular complexity index is 956. The molecule has 0 bridgehead atoms. The number of benzene rings is 1. The van der Waals surface area contributed by atoms with E-state index in [1.807, 2.05) is 13.0 Å². The van der Waals surface area contributed by atoms with Crippen molar-refractivity contribution < 1.29 is 17.5 Å². The van der Waals surface area contributed by atoms with Gasteiger partial charge in [-0.05, 0) is 31.2 Å². The summed E-state index contributed by atoms with van der Waals surface area (Å²) in [6, 6.07) is 6.87. The Morgan fingerprint density at radius 1 is 0.931 bits per heavy atom. The number of anilines is 2. The molecule has 8 nitrogen and oxygen atoms in total. The van der Waals surface area contributed by atoms with Gasteiger partial charge in [0.05, 0.1) is 18.1 Å². The molecule has 2 fully saturated rings. The summed E-state index contributed by atoms with van der Waals surface area (Å²) in [5.41, 5.74) is 0.873. The normalized spacial score (nSPS) is 18.8. The van der Waals surface area contributed by atoms with E-state index < -0.39 is 15.8 Å². The van der Waals surface area contributed by atoms with E-state index in [1.165, 1.54) is 28.6 Å². The van der Waals surface area contributed by atoms with Crippen LogP contribution in [0.4, 0.5) is 16.2 Å². The molecule has 0 saturated carbocycles. The predicted molar refractivity (Wildman–Crippen MR) is 107 cm³/mol. The van der Waals surface area contributed by atoms with Gasteiger partial charge in [0, 0.05) is 51.0 Å². The van der Waals surface area contributed by atoms with Crippen LogP contribution in [0.5, 0.6) is 0 Å². The Kier molecular flexibility index (Phi) is 5.66. The van der Waals surface area contributed by atoms with Gasteiger partial charge in [-0.3, -0.25) is 0 Å². The van der Waals surface area contributed by atoms with Gasteiger partial charge in [-0.1, -0.05) is 0 Å². The van der Waals surface area contributed by atoms with Crippen LogP contribution >= 0.6 is 0 Å². The zero-order valence-electron chi connectivity index (χ0n) is 16.3. The van der Waals surface area contributed by atoms with Crippen LogP contribution < -0.4 is 9.80 Å². The maximum atomic E-state index is 13.1. The van der Waals surface area contributed by atoms with E-state index >= 15 is 0 Å². The number of aromatic nitrogens is 2. The van der Waals surface area contributed by atoms with Crippen molar-refractivity contribution in [2.24, 2.45) is 0 Å². The number of piperazine rings is 1. The van der Waals surface area contributed by atoms with Gasteiger partial charge < -0.3 is 14.5 Å². The van der Waals surface area contributed by atoms with E-state index in [4.69, 9.17) is 9.72 Å². The monoisotopic (exact) mass is 421 g/mol. The first-order valence-electron chi connectivity index (χ1n) is 9.62. The lowest BCUT2D eigenvalue weighted by Crippen LogP contribution is -2.49. The van der Waals surface area contributed by atoms with E-state index in [-0.39, 0.29) is 4.90 Å². The van der Waals surface area contributed by atoms with Crippen molar-refractivity contribution in [1.82, 2.24) is 14.3 Å². The van der Waals surface area contributed by atoms with E-state index in [2.05, 4.69) is 14.8 Å². The second-order valence-corrected chi connectivity index (χ2v) is 9.05. The molecule has 0 amide bonds. The van der Waals surface area contributed by atoms with Crippen LogP contribution in [-0.2, 0) is 14.8 Å². The molecule has 3 heterocycles. The van der Waals surface area contributed by atoms with Crippen LogP contribution in [0.25, 0.3) is 0 Å². The van der Waals surface area contributed by atoms with E-state index in [1.54, 1.807) is 0 Å². The number of hydrogen-bond acceptors (Lipinski definition) is 7. The first-order valence-corrected chi connectivity index (χ1v) is 11.1. The molecule has 2 aliphatic heterocycles. The molecule has 4 rings (SSSR count). The van der Waals surface area contributed by atoms with Gasteiger partial charge in [0.25, 0.3) is 0 Å². The van der Waals surface area contributed by atoms with Gasteiger partial charge in [-0.2, -0.15) is 9.29 Å². The van der Waals surface area contributed by atoms with Crippen molar-refractivity contribution in [2.75, 3.05) is 62.3 Å². The van der Waals surface area contributed by atoms with Crippen LogP contribution in [0.2, 0.25) is 0 Å². The highest BCUT2D eigenvalue weighted by Gasteiger charge is 2.29. The molecule has 1 aromatic heterocycles. The lowest BCUT2D eigenvalue weighted by atomic mass is 10.3. The summed E-state index contributed by atoms with van der Waals surface area (Å²) in [5, 5.41) is 0. The molecule has 0 N–H and O–H groups in total. The Balaban J connectivity index is 1.47. The van der Waals surface area contributed by atoms with Crippen molar-refractivity contribution in [3.63, 3.8) is 0 Å². The topological polar surface area (TPSA) is 78.9 Å². The van der Waals surface area contributed by atoms with Crippen molar-refractivity contribution >= 4 is 21.8 Å². The molecule has 156 valence electrons. The number of morpholine rings is 1. The summed E-state index contributed by atoms with van der Waals surface area (Å²) in [6.45, 7) is 6.51. The fourth-order valence-electron chi connectivity index (χ4n) is 3.52. The van der Waals surface area contributed by atoms with Crippen LogP contribution in [0, 0.1) is 12.7 Å². The second-order valence-electron chi connectivity index (χ2n) is 7.11. The van der Waals surface area contributed by atoms with Gasteiger partial charge in [0.1, 0.15) is 11.6 Å². The third-order valence-electron chi connectivity index (χ3n) is 5.14. The average molecular weight is 421 g/mol. The molecule has 1 aromatic carbocycles. The maximum absolute atomic E-state index is 13.1. The molecular weight excluding hydrogens is 397 g/mol. The Labute approximate surface area is 170 Å². The number of hydrogen-bond donors (Lipinski definition) is 0. The fraction of sp³-hybridized carbons (Fsp3) is 0.474. The van der Waals surface area contributed by atoms with Crippen molar-refractivity contribution in [3.8, 4) is 0 Å². The largest absolute Gasteiger partial charge is 0.378 e. The first kappa shape index (κ1) is 20.0. The number of sulfonamides is 1. The van der Waals surface area contributed by atoms with E-state index in [0.717, 1.165) is 24.6 Å². The highest BCUT2D eigenvalue weighted by atomic mass is 32.2. The number of nitrogens with zero attached hydrogens (tertiary/aromatic N) is 5. The van der Waals surface area contributed by atoms with Gasteiger partial charge in [0.2, 0.25) is 16.0 Å². The lowest BCUT2D eigenvalue weighted by molar-refractivity contribution is 0.122. The van der Waals surface area contributed by atoms with Crippen LogP contribution in [0.15, 0.2) is 35.2 Å². The van der Waals surface area contributed by atoms with E-state index in [0.29, 0.717) is 45.3 Å². The van der Waals surface area contributed by atoms with Gasteiger partial charge in [0.15, 0.2) is 0 Å². The summed E-state index contributed by atoms with van der Waals surface area (Å²) in [4.78, 5) is 13.6. The van der Waals surface area contributed by atoms with Gasteiger partial charge >= 0.3 is 0 Å². The smallest absolute Gasteiger partial charge is 0.243 e. The first-order chi connectivity index (χ1) is 13.9. The third kappa shape index (κ3) is 4.34. The number of ether oxygens (including phenoxy) is 1. The summed E-state index contributed by atoms with van der Waals surface area (Å²) in [7, 11) is -3.63. The zero-order valence-corrected chi connectivity index (χ0v) is 17.1. The molecule has 10 heteroatoms. The summed E-state index contributed by atoms with van der Waals surface area (Å²) in [6.07, 6.45) is 0. The molecule has 2 saturated heterocycles. The molecule has 2 aliphatic rings. The van der Waals surface area contributed by atoms with Gasteiger partial charge in [-0.25, -0.2) is 17.8 Å². The Morgan fingerprint density at radius 3 is 2.24 bits per heavy atom. The Morgan fingerprint density at radius 2 is 1.59 bits per heavy atom. The molecule has 0 spiro atoms. The number of aryl methyl sites for hydroxylation is 1. The average Bonchev–Trinajstić information content (AvgIpc) is 2.74. The zero-order chi connectivity index (χ0) is 20.4. The van der Waals surface area contributed by atoms with E-state index in [9.17, 15) is 12.8 Å². The third-order valence-corrected chi connectivity index (χ3v) is 7.05. The molecule has 0 aliphatic carbocycles. The molecule has 0 radical (unpaired) electrons. The van der Waals surface area contributed by atoms with Gasteiger partial charge in [-0.15, -0.1) is 0 Å². The number of halogens is 1. The quantitative estimate of drug-likeness (QED) is 0.736.